The number of primary amides is 1. The quantitative estimate of drug-likeness (QED) is 0.599. The Kier molecular flexibility index (Phi) is 3.68. The van der Waals surface area contributed by atoms with Crippen LogP contribution in [0.25, 0.3) is 0 Å². The third-order valence-electron chi connectivity index (χ3n) is 1.24. The summed E-state index contributed by atoms with van der Waals surface area (Å²) in [7, 11) is 0. The largest absolute Gasteiger partial charge is 0.367 e. The second kappa shape index (κ2) is 3.78. The predicted octanol–water partition coefficient (Wildman–Crippen LogP) is 0.589. The van der Waals surface area contributed by atoms with E-state index in [2.05, 4.69) is 0 Å². The molecule has 4 heteroatoms. The van der Waals surface area contributed by atoms with Gasteiger partial charge in [-0.25, -0.2) is 0 Å². The molecule has 0 saturated heterocycles. The lowest BCUT2D eigenvalue weighted by Gasteiger charge is -2.14. The number of aliphatic hydroxyl groups is 1. The summed E-state index contributed by atoms with van der Waals surface area (Å²) in [5, 5.41) is 7.18. The molecule has 1 unspecified atom stereocenters. The molecule has 10 heavy (non-hydrogen) atoms. The van der Waals surface area contributed by atoms with Crippen molar-refractivity contribution in [1.82, 2.24) is 0 Å². The van der Waals surface area contributed by atoms with Crippen molar-refractivity contribution < 1.29 is 9.90 Å². The third kappa shape index (κ3) is 3.03. The van der Waals surface area contributed by atoms with Crippen LogP contribution in [0.3, 0.4) is 0 Å². The lowest BCUT2D eigenvalue weighted by atomic mass is 10.1. The lowest BCUT2D eigenvalue weighted by molar-refractivity contribution is -0.129. The zero-order valence-corrected chi connectivity index (χ0v) is 6.69. The van der Waals surface area contributed by atoms with E-state index in [1.54, 1.807) is 0 Å². The molecule has 60 valence electrons. The molecule has 3 N–H and O–H groups in total. The molecule has 0 aromatic carbocycles. The normalized spacial score (nSPS) is 16.3. The van der Waals surface area contributed by atoms with E-state index in [0.29, 0.717) is 6.42 Å². The van der Waals surface area contributed by atoms with Gasteiger partial charge in [-0.2, -0.15) is 0 Å². The van der Waals surface area contributed by atoms with Gasteiger partial charge in [0, 0.05) is 0 Å². The number of rotatable bonds is 4. The molecule has 0 bridgehead atoms. The molecule has 0 aliphatic rings. The van der Waals surface area contributed by atoms with Gasteiger partial charge in [0.2, 0.25) is 5.06 Å². The highest BCUT2D eigenvalue weighted by molar-refractivity contribution is 6.33. The van der Waals surface area contributed by atoms with Crippen LogP contribution in [0, 0.1) is 0 Å². The van der Waals surface area contributed by atoms with Crippen LogP contribution in [0.4, 0.5) is 0 Å². The van der Waals surface area contributed by atoms with Crippen molar-refractivity contribution in [3.05, 3.63) is 0 Å². The van der Waals surface area contributed by atoms with E-state index < -0.39 is 11.0 Å². The van der Waals surface area contributed by atoms with Gasteiger partial charge in [0.25, 0.3) is 5.91 Å². The molecule has 0 spiro atoms. The van der Waals surface area contributed by atoms with Gasteiger partial charge in [0.15, 0.2) is 0 Å². The van der Waals surface area contributed by atoms with Crippen molar-refractivity contribution in [3.63, 3.8) is 0 Å². The second-order valence-corrected chi connectivity index (χ2v) is 2.85. The minimum absolute atomic E-state index is 0.223. The van der Waals surface area contributed by atoms with E-state index in [0.717, 1.165) is 6.42 Å². The molecule has 0 heterocycles. The van der Waals surface area contributed by atoms with Crippen LogP contribution in [0.2, 0.25) is 0 Å². The molecular formula is C6H12ClNO2. The average Bonchev–Trinajstić information content (AvgIpc) is 1.84. The van der Waals surface area contributed by atoms with Gasteiger partial charge >= 0.3 is 0 Å². The maximum atomic E-state index is 10.4. The molecule has 3 nitrogen and oxygen atoms in total. The van der Waals surface area contributed by atoms with E-state index in [4.69, 9.17) is 22.4 Å². The third-order valence-corrected chi connectivity index (χ3v) is 1.61. The molecule has 0 saturated carbocycles. The highest BCUT2D eigenvalue weighted by atomic mass is 35.5. The first-order valence-corrected chi connectivity index (χ1v) is 3.59. The highest BCUT2D eigenvalue weighted by Crippen LogP contribution is 2.17. The number of hydrogen-bond acceptors (Lipinski definition) is 2. The van der Waals surface area contributed by atoms with E-state index >= 15 is 0 Å². The Balaban J connectivity index is 3.75. The Hall–Kier alpha value is -0.280. The number of unbranched alkanes of at least 4 members (excludes halogenated alkanes) is 1. The minimum atomic E-state index is -1.84. The summed E-state index contributed by atoms with van der Waals surface area (Å²) in [6.07, 6.45) is 1.80. The minimum Gasteiger partial charge on any atom is -0.367 e. The monoisotopic (exact) mass is 165 g/mol. The van der Waals surface area contributed by atoms with Crippen LogP contribution in [0.15, 0.2) is 0 Å². The van der Waals surface area contributed by atoms with Crippen LogP contribution < -0.4 is 5.73 Å². The molecule has 0 rings (SSSR count). The van der Waals surface area contributed by atoms with Crippen LogP contribution in [-0.4, -0.2) is 16.1 Å². The fraction of sp³-hybridized carbons (Fsp3) is 0.833. The smallest absolute Gasteiger partial charge is 0.265 e. The van der Waals surface area contributed by atoms with Crippen molar-refractivity contribution in [2.45, 2.75) is 31.2 Å². The second-order valence-electron chi connectivity index (χ2n) is 2.23. The maximum Gasteiger partial charge on any atom is 0.265 e. The fourth-order valence-corrected chi connectivity index (χ4v) is 0.668. The Labute approximate surface area is 65.2 Å². The van der Waals surface area contributed by atoms with E-state index in [1.165, 1.54) is 0 Å². The maximum absolute atomic E-state index is 10.4. The number of hydrogen-bond donors (Lipinski definition) is 2. The standard InChI is InChI=1S/C6H12ClNO2/c1-2-3-4-6(7,10)5(8)9/h10H,2-4H2,1H3,(H2,8,9). The van der Waals surface area contributed by atoms with Gasteiger partial charge in [-0.1, -0.05) is 24.9 Å². The molecular weight excluding hydrogens is 154 g/mol. The van der Waals surface area contributed by atoms with E-state index in [9.17, 15) is 4.79 Å². The van der Waals surface area contributed by atoms with Crippen LogP contribution in [0.5, 0.6) is 0 Å². The number of carbonyl (C=O) groups is 1. The van der Waals surface area contributed by atoms with Crippen LogP contribution in [0.1, 0.15) is 26.2 Å². The molecule has 0 aromatic rings. The van der Waals surface area contributed by atoms with Crippen molar-refractivity contribution in [2.24, 2.45) is 5.73 Å². The zero-order valence-electron chi connectivity index (χ0n) is 5.93. The average molecular weight is 166 g/mol. The Bertz CT molecular complexity index is 125. The van der Waals surface area contributed by atoms with Gasteiger partial charge in [0.1, 0.15) is 0 Å². The molecule has 0 aliphatic heterocycles. The first-order chi connectivity index (χ1) is 4.50. The van der Waals surface area contributed by atoms with Gasteiger partial charge in [0.05, 0.1) is 0 Å². The number of nitrogens with two attached hydrogens (primary N) is 1. The molecule has 1 atom stereocenters. The summed E-state index contributed by atoms with van der Waals surface area (Å²) in [6.45, 7) is 1.94. The van der Waals surface area contributed by atoms with Crippen molar-refractivity contribution in [2.75, 3.05) is 0 Å². The Morgan fingerprint density at radius 2 is 2.30 bits per heavy atom. The van der Waals surface area contributed by atoms with Crippen LogP contribution in [-0.2, 0) is 4.79 Å². The summed E-state index contributed by atoms with van der Waals surface area (Å²) in [5.41, 5.74) is 4.79. The molecule has 0 radical (unpaired) electrons. The number of alkyl halides is 1. The van der Waals surface area contributed by atoms with Crippen LogP contribution >= 0.6 is 11.6 Å². The predicted molar refractivity (Wildman–Crippen MR) is 39.5 cm³/mol. The van der Waals surface area contributed by atoms with Gasteiger partial charge < -0.3 is 10.8 Å². The van der Waals surface area contributed by atoms with Gasteiger partial charge in [-0.15, -0.1) is 0 Å². The SMILES string of the molecule is CCCCC(O)(Cl)C(N)=O. The van der Waals surface area contributed by atoms with E-state index in [-0.39, 0.29) is 6.42 Å². The van der Waals surface area contributed by atoms with Crippen molar-refractivity contribution >= 4 is 17.5 Å². The Morgan fingerprint density at radius 3 is 2.60 bits per heavy atom. The first-order valence-electron chi connectivity index (χ1n) is 3.22. The molecule has 1 amide bonds. The zero-order chi connectivity index (χ0) is 8.20. The van der Waals surface area contributed by atoms with Gasteiger partial charge in [-0.3, -0.25) is 4.79 Å². The molecule has 0 fully saturated rings. The lowest BCUT2D eigenvalue weighted by Crippen LogP contribution is -2.38. The number of amides is 1. The fourth-order valence-electron chi connectivity index (χ4n) is 0.534. The molecule has 0 aromatic heterocycles. The summed E-state index contributed by atoms with van der Waals surface area (Å²) in [6, 6.07) is 0. The van der Waals surface area contributed by atoms with Crippen molar-refractivity contribution in [3.8, 4) is 0 Å². The first kappa shape index (κ1) is 9.72. The summed E-state index contributed by atoms with van der Waals surface area (Å²) in [4.78, 5) is 10.4. The topological polar surface area (TPSA) is 63.3 Å². The highest BCUT2D eigenvalue weighted by Gasteiger charge is 2.29. The Morgan fingerprint density at radius 1 is 1.80 bits per heavy atom. The summed E-state index contributed by atoms with van der Waals surface area (Å²) >= 11 is 5.33. The number of halogens is 1. The van der Waals surface area contributed by atoms with Crippen molar-refractivity contribution in [1.29, 1.82) is 0 Å². The molecule has 0 aliphatic carbocycles. The summed E-state index contributed by atoms with van der Waals surface area (Å²) in [5.74, 6) is -0.873. The summed E-state index contributed by atoms with van der Waals surface area (Å²) < 4.78 is 0. The number of carbonyl (C=O) groups excluding carboxylic acids is 1. The van der Waals surface area contributed by atoms with E-state index in [1.807, 2.05) is 6.92 Å². The van der Waals surface area contributed by atoms with Gasteiger partial charge in [-0.05, 0) is 12.8 Å².